The first kappa shape index (κ1) is 13.7. The van der Waals surface area contributed by atoms with Gasteiger partial charge in [-0.1, -0.05) is 26.0 Å². The highest BCUT2D eigenvalue weighted by molar-refractivity contribution is 5.94. The molecule has 3 nitrogen and oxygen atoms in total. The fraction of sp³-hybridized carbons (Fsp3) is 0.500. The first-order chi connectivity index (χ1) is 8.19. The van der Waals surface area contributed by atoms with Crippen LogP contribution in [0.15, 0.2) is 24.3 Å². The lowest BCUT2D eigenvalue weighted by atomic mass is 10.1. The Labute approximate surface area is 104 Å². The van der Waals surface area contributed by atoms with Crippen LogP contribution >= 0.6 is 0 Å². The van der Waals surface area contributed by atoms with Gasteiger partial charge in [-0.05, 0) is 37.1 Å². The van der Waals surface area contributed by atoms with E-state index < -0.39 is 0 Å². The molecule has 0 saturated heterocycles. The van der Waals surface area contributed by atoms with Crippen LogP contribution in [0.25, 0.3) is 0 Å². The molecule has 0 fully saturated rings. The van der Waals surface area contributed by atoms with Gasteiger partial charge < -0.3 is 10.2 Å². The van der Waals surface area contributed by atoms with E-state index in [0.717, 1.165) is 25.1 Å². The Balaban J connectivity index is 2.55. The van der Waals surface area contributed by atoms with Gasteiger partial charge in [-0.3, -0.25) is 4.79 Å². The van der Waals surface area contributed by atoms with Gasteiger partial charge in [0, 0.05) is 12.7 Å². The van der Waals surface area contributed by atoms with Crippen LogP contribution < -0.4 is 10.2 Å². The van der Waals surface area contributed by atoms with Gasteiger partial charge in [-0.25, -0.2) is 0 Å². The quantitative estimate of drug-likeness (QED) is 0.765. The van der Waals surface area contributed by atoms with E-state index in [1.54, 1.807) is 4.90 Å². The molecule has 3 heteroatoms. The number of amides is 1. The van der Waals surface area contributed by atoms with Crippen LogP contribution in [-0.4, -0.2) is 26.0 Å². The van der Waals surface area contributed by atoms with Crippen LogP contribution in [0.3, 0.4) is 0 Å². The summed E-state index contributed by atoms with van der Waals surface area (Å²) in [6, 6.07) is 8.13. The summed E-state index contributed by atoms with van der Waals surface area (Å²) in [5.74, 6) is 0.0997. The molecule has 1 aromatic carbocycles. The third kappa shape index (κ3) is 4.19. The number of nitrogens with zero attached hydrogens (tertiary/aromatic N) is 1. The Morgan fingerprint density at radius 1 is 1.24 bits per heavy atom. The van der Waals surface area contributed by atoms with Crippen molar-refractivity contribution in [2.24, 2.45) is 0 Å². The first-order valence-corrected chi connectivity index (χ1v) is 6.25. The van der Waals surface area contributed by atoms with E-state index in [2.05, 4.69) is 31.3 Å². The highest BCUT2D eigenvalue weighted by Crippen LogP contribution is 2.14. The average molecular weight is 234 g/mol. The van der Waals surface area contributed by atoms with Crippen molar-refractivity contribution >= 4 is 11.6 Å². The van der Waals surface area contributed by atoms with Crippen LogP contribution in [0.5, 0.6) is 0 Å². The number of anilines is 1. The Morgan fingerprint density at radius 2 is 1.88 bits per heavy atom. The zero-order chi connectivity index (χ0) is 12.7. The molecule has 0 spiro atoms. The van der Waals surface area contributed by atoms with E-state index in [-0.39, 0.29) is 5.91 Å². The molecule has 17 heavy (non-hydrogen) atoms. The van der Waals surface area contributed by atoms with Crippen LogP contribution in [0.1, 0.15) is 25.8 Å². The van der Waals surface area contributed by atoms with Crippen molar-refractivity contribution in [2.45, 2.75) is 26.7 Å². The summed E-state index contributed by atoms with van der Waals surface area (Å²) < 4.78 is 0. The molecule has 0 aliphatic carbocycles. The predicted octanol–water partition coefficient (Wildman–Crippen LogP) is 2.21. The maximum Gasteiger partial charge on any atom is 0.240 e. The minimum absolute atomic E-state index is 0.0997. The molecule has 0 aliphatic rings. The van der Waals surface area contributed by atoms with E-state index in [9.17, 15) is 4.79 Å². The molecule has 0 radical (unpaired) electrons. The van der Waals surface area contributed by atoms with Crippen LogP contribution in [0.2, 0.25) is 0 Å². The highest BCUT2D eigenvalue weighted by atomic mass is 16.2. The normalized spacial score (nSPS) is 10.3. The Hall–Kier alpha value is -1.35. The minimum Gasteiger partial charge on any atom is -0.314 e. The highest BCUT2D eigenvalue weighted by Gasteiger charge is 2.09. The zero-order valence-corrected chi connectivity index (χ0v) is 11.0. The van der Waals surface area contributed by atoms with Crippen molar-refractivity contribution < 1.29 is 4.79 Å². The third-order valence-electron chi connectivity index (χ3n) is 2.81. The number of likely N-dealkylation sites (N-methyl/N-ethyl adjacent to an activating group) is 1. The van der Waals surface area contributed by atoms with E-state index in [1.807, 2.05) is 19.2 Å². The van der Waals surface area contributed by atoms with Crippen molar-refractivity contribution in [2.75, 3.05) is 25.0 Å². The predicted molar refractivity (Wildman–Crippen MR) is 72.4 cm³/mol. The maximum atomic E-state index is 11.8. The van der Waals surface area contributed by atoms with Gasteiger partial charge in [0.1, 0.15) is 0 Å². The van der Waals surface area contributed by atoms with Crippen molar-refractivity contribution in [3.8, 4) is 0 Å². The molecule has 94 valence electrons. The van der Waals surface area contributed by atoms with E-state index >= 15 is 0 Å². The van der Waals surface area contributed by atoms with E-state index in [4.69, 9.17) is 0 Å². The van der Waals surface area contributed by atoms with Gasteiger partial charge >= 0.3 is 0 Å². The fourth-order valence-corrected chi connectivity index (χ4v) is 1.59. The van der Waals surface area contributed by atoms with Gasteiger partial charge in [-0.2, -0.15) is 0 Å². The van der Waals surface area contributed by atoms with Crippen molar-refractivity contribution in [1.29, 1.82) is 0 Å². The Morgan fingerprint density at radius 3 is 2.41 bits per heavy atom. The number of rotatable bonds is 6. The summed E-state index contributed by atoms with van der Waals surface area (Å²) in [6.07, 6.45) is 2.07. The van der Waals surface area contributed by atoms with Crippen LogP contribution in [-0.2, 0) is 11.2 Å². The smallest absolute Gasteiger partial charge is 0.240 e. The summed E-state index contributed by atoms with van der Waals surface area (Å²) in [5, 5.41) is 3.12. The third-order valence-corrected chi connectivity index (χ3v) is 2.81. The monoisotopic (exact) mass is 234 g/mol. The van der Waals surface area contributed by atoms with Crippen LogP contribution in [0, 0.1) is 0 Å². The van der Waals surface area contributed by atoms with E-state index in [0.29, 0.717) is 6.54 Å². The van der Waals surface area contributed by atoms with Crippen molar-refractivity contribution in [3.05, 3.63) is 29.8 Å². The van der Waals surface area contributed by atoms with Crippen LogP contribution in [0.4, 0.5) is 5.69 Å². The second kappa shape index (κ2) is 7.07. The molecule has 1 N–H and O–H groups in total. The lowest BCUT2D eigenvalue weighted by molar-refractivity contribution is -0.117. The number of carbonyl (C=O) groups is 1. The topological polar surface area (TPSA) is 32.3 Å². The standard InChI is InChI=1S/C14H22N2O/c1-4-10-15-11-14(17)16(3)13-8-6-12(5-2)7-9-13/h6-9,15H,4-5,10-11H2,1-3H3. The summed E-state index contributed by atoms with van der Waals surface area (Å²) in [6.45, 7) is 5.50. The average Bonchev–Trinajstić information content (AvgIpc) is 2.38. The van der Waals surface area contributed by atoms with Gasteiger partial charge in [0.05, 0.1) is 6.54 Å². The molecule has 1 amide bonds. The summed E-state index contributed by atoms with van der Waals surface area (Å²) >= 11 is 0. The molecule has 0 aliphatic heterocycles. The second-order valence-electron chi connectivity index (χ2n) is 4.15. The molecule has 0 atom stereocenters. The number of benzene rings is 1. The molecule has 0 bridgehead atoms. The molecule has 0 aromatic heterocycles. The van der Waals surface area contributed by atoms with Crippen molar-refractivity contribution in [1.82, 2.24) is 5.32 Å². The number of nitrogens with one attached hydrogen (secondary N) is 1. The molecular formula is C14H22N2O. The van der Waals surface area contributed by atoms with Gasteiger partial charge in [0.25, 0.3) is 0 Å². The van der Waals surface area contributed by atoms with Gasteiger partial charge in [0.15, 0.2) is 0 Å². The molecule has 0 heterocycles. The number of hydrogen-bond acceptors (Lipinski definition) is 2. The Kier molecular flexibility index (Phi) is 5.70. The van der Waals surface area contributed by atoms with Gasteiger partial charge in [-0.15, -0.1) is 0 Å². The minimum atomic E-state index is 0.0997. The molecule has 1 aromatic rings. The fourth-order valence-electron chi connectivity index (χ4n) is 1.59. The number of aryl methyl sites for hydroxylation is 1. The molecule has 0 saturated carbocycles. The zero-order valence-electron chi connectivity index (χ0n) is 11.0. The summed E-state index contributed by atoms with van der Waals surface area (Å²) in [5.41, 5.74) is 2.24. The van der Waals surface area contributed by atoms with Crippen molar-refractivity contribution in [3.63, 3.8) is 0 Å². The largest absolute Gasteiger partial charge is 0.314 e. The number of hydrogen-bond donors (Lipinski definition) is 1. The maximum absolute atomic E-state index is 11.8. The molecular weight excluding hydrogens is 212 g/mol. The molecule has 1 rings (SSSR count). The Bertz CT molecular complexity index is 346. The first-order valence-electron chi connectivity index (χ1n) is 6.25. The van der Waals surface area contributed by atoms with E-state index in [1.165, 1.54) is 5.56 Å². The summed E-state index contributed by atoms with van der Waals surface area (Å²) in [4.78, 5) is 13.5. The van der Waals surface area contributed by atoms with Gasteiger partial charge in [0.2, 0.25) is 5.91 Å². The second-order valence-corrected chi connectivity index (χ2v) is 4.15. The SMILES string of the molecule is CCCNCC(=O)N(C)c1ccc(CC)cc1. The lowest BCUT2D eigenvalue weighted by Crippen LogP contribution is -2.35. The molecule has 0 unspecified atom stereocenters. The lowest BCUT2D eigenvalue weighted by Gasteiger charge is -2.18. The number of carbonyl (C=O) groups excluding carboxylic acids is 1. The summed E-state index contributed by atoms with van der Waals surface area (Å²) in [7, 11) is 1.82.